The van der Waals surface area contributed by atoms with Gasteiger partial charge in [0.1, 0.15) is 17.2 Å². The number of amides is 1. The Balaban J connectivity index is 1.68. The minimum Gasteiger partial charge on any atom is -0.497 e. The Labute approximate surface area is 184 Å². The van der Waals surface area contributed by atoms with E-state index in [4.69, 9.17) is 14.6 Å². The third-order valence-corrected chi connectivity index (χ3v) is 4.80. The fourth-order valence-electron chi connectivity index (χ4n) is 3.22. The molecule has 0 aliphatic carbocycles. The monoisotopic (exact) mass is 428 g/mol. The van der Waals surface area contributed by atoms with Crippen molar-refractivity contribution >= 4 is 29.4 Å². The Morgan fingerprint density at radius 1 is 0.969 bits per heavy atom. The molecular formula is C25H20N2O5. The molecule has 0 radical (unpaired) electrons. The Morgan fingerprint density at radius 3 is 2.25 bits per heavy atom. The fourth-order valence-corrected chi connectivity index (χ4v) is 3.22. The summed E-state index contributed by atoms with van der Waals surface area (Å²) in [6.45, 7) is -0.416. The van der Waals surface area contributed by atoms with Crippen molar-refractivity contribution < 1.29 is 24.2 Å². The summed E-state index contributed by atoms with van der Waals surface area (Å²) in [5.74, 6) is -0.173. The molecule has 0 saturated carbocycles. The zero-order valence-corrected chi connectivity index (χ0v) is 17.3. The highest BCUT2D eigenvalue weighted by Crippen LogP contribution is 2.29. The van der Waals surface area contributed by atoms with Crippen molar-refractivity contribution in [3.63, 3.8) is 0 Å². The molecule has 1 heterocycles. The second-order valence-corrected chi connectivity index (χ2v) is 6.94. The highest BCUT2D eigenvalue weighted by molar-refractivity contribution is 6.37. The summed E-state index contributed by atoms with van der Waals surface area (Å²) in [4.78, 5) is 24.0. The highest BCUT2D eigenvalue weighted by Gasteiger charge is 2.32. The molecule has 3 aromatic carbocycles. The maximum Gasteiger partial charge on any atom is 0.341 e. The average molecular weight is 428 g/mol. The number of ether oxygens (including phenoxy) is 2. The number of hydrazone groups is 1. The molecule has 0 fully saturated rings. The zero-order chi connectivity index (χ0) is 22.5. The van der Waals surface area contributed by atoms with Gasteiger partial charge in [-0.1, -0.05) is 42.5 Å². The topological polar surface area (TPSA) is 88.4 Å². The second-order valence-electron chi connectivity index (χ2n) is 6.94. The van der Waals surface area contributed by atoms with Crippen LogP contribution in [0, 0.1) is 0 Å². The third kappa shape index (κ3) is 4.52. The molecule has 0 saturated heterocycles. The van der Waals surface area contributed by atoms with Gasteiger partial charge in [-0.25, -0.2) is 4.79 Å². The summed E-state index contributed by atoms with van der Waals surface area (Å²) < 4.78 is 10.4. The third-order valence-electron chi connectivity index (χ3n) is 4.80. The number of rotatable bonds is 7. The summed E-state index contributed by atoms with van der Waals surface area (Å²) in [5, 5.41) is 14.7. The maximum absolute atomic E-state index is 13.3. The quantitative estimate of drug-likeness (QED) is 0.575. The van der Waals surface area contributed by atoms with Crippen LogP contribution in [0.2, 0.25) is 0 Å². The molecule has 0 atom stereocenters. The van der Waals surface area contributed by atoms with Crippen LogP contribution in [0.5, 0.6) is 11.5 Å². The van der Waals surface area contributed by atoms with Gasteiger partial charge in [0, 0.05) is 5.56 Å². The van der Waals surface area contributed by atoms with E-state index in [-0.39, 0.29) is 5.91 Å². The van der Waals surface area contributed by atoms with E-state index in [1.54, 1.807) is 61.7 Å². The van der Waals surface area contributed by atoms with Gasteiger partial charge in [0.15, 0.2) is 6.61 Å². The predicted octanol–water partition coefficient (Wildman–Crippen LogP) is 3.99. The number of methoxy groups -OCH3 is 1. The van der Waals surface area contributed by atoms with Gasteiger partial charge in [0.2, 0.25) is 0 Å². The molecule has 160 valence electrons. The van der Waals surface area contributed by atoms with Gasteiger partial charge in [0.25, 0.3) is 5.91 Å². The van der Waals surface area contributed by atoms with E-state index in [1.165, 1.54) is 5.01 Å². The molecule has 32 heavy (non-hydrogen) atoms. The lowest BCUT2D eigenvalue weighted by atomic mass is 10.0. The lowest BCUT2D eigenvalue weighted by Crippen LogP contribution is -2.21. The molecule has 1 N–H and O–H groups in total. The molecule has 7 heteroatoms. The van der Waals surface area contributed by atoms with Gasteiger partial charge in [-0.2, -0.15) is 10.1 Å². The number of carbonyl (C=O) groups is 2. The van der Waals surface area contributed by atoms with E-state index in [2.05, 4.69) is 5.10 Å². The molecule has 0 unspecified atom stereocenters. The largest absolute Gasteiger partial charge is 0.497 e. The van der Waals surface area contributed by atoms with Crippen molar-refractivity contribution in [1.82, 2.24) is 0 Å². The highest BCUT2D eigenvalue weighted by atomic mass is 16.5. The normalized spacial score (nSPS) is 14.4. The minimum atomic E-state index is -1.05. The van der Waals surface area contributed by atoms with Crippen LogP contribution in [0.3, 0.4) is 0 Å². The molecule has 0 aromatic heterocycles. The first-order valence-electron chi connectivity index (χ1n) is 9.84. The SMILES string of the molecule is COc1ccc(N2N=C(c3ccccc3)/C(=C/c3ccc(OCC(=O)O)cc3)C2=O)cc1. The first-order valence-corrected chi connectivity index (χ1v) is 9.84. The number of hydrogen-bond acceptors (Lipinski definition) is 5. The van der Waals surface area contributed by atoms with Crippen LogP contribution >= 0.6 is 0 Å². The van der Waals surface area contributed by atoms with E-state index in [0.717, 1.165) is 11.1 Å². The number of hydrogen-bond donors (Lipinski definition) is 1. The van der Waals surface area contributed by atoms with Crippen LogP contribution in [0.15, 0.2) is 89.5 Å². The van der Waals surface area contributed by atoms with Crippen LogP contribution in [0.25, 0.3) is 6.08 Å². The zero-order valence-electron chi connectivity index (χ0n) is 17.3. The molecule has 7 nitrogen and oxygen atoms in total. The number of aliphatic carboxylic acids is 1. The predicted molar refractivity (Wildman–Crippen MR) is 121 cm³/mol. The number of carboxylic acid groups (broad SMARTS) is 1. The minimum absolute atomic E-state index is 0.250. The first-order chi connectivity index (χ1) is 15.5. The van der Waals surface area contributed by atoms with E-state index >= 15 is 0 Å². The van der Waals surface area contributed by atoms with E-state index in [0.29, 0.717) is 28.5 Å². The van der Waals surface area contributed by atoms with E-state index in [9.17, 15) is 9.59 Å². The average Bonchev–Trinajstić information content (AvgIpc) is 3.15. The van der Waals surface area contributed by atoms with E-state index in [1.807, 2.05) is 30.3 Å². The van der Waals surface area contributed by atoms with Crippen LogP contribution in [0.1, 0.15) is 11.1 Å². The van der Waals surface area contributed by atoms with Crippen molar-refractivity contribution in [1.29, 1.82) is 0 Å². The Morgan fingerprint density at radius 2 is 1.62 bits per heavy atom. The van der Waals surface area contributed by atoms with Crippen LogP contribution in [-0.2, 0) is 9.59 Å². The van der Waals surface area contributed by atoms with Crippen LogP contribution < -0.4 is 14.5 Å². The van der Waals surface area contributed by atoms with Crippen molar-refractivity contribution in [3.8, 4) is 11.5 Å². The van der Waals surface area contributed by atoms with Gasteiger partial charge in [0.05, 0.1) is 18.4 Å². The smallest absolute Gasteiger partial charge is 0.341 e. The van der Waals surface area contributed by atoms with Gasteiger partial charge in [-0.15, -0.1) is 0 Å². The molecule has 1 aliphatic heterocycles. The molecule has 1 amide bonds. The number of benzene rings is 3. The Kier molecular flexibility index (Phi) is 5.98. The summed E-state index contributed by atoms with van der Waals surface area (Å²) in [6.07, 6.45) is 1.76. The summed E-state index contributed by atoms with van der Waals surface area (Å²) in [7, 11) is 1.58. The fraction of sp³-hybridized carbons (Fsp3) is 0.0800. The lowest BCUT2D eigenvalue weighted by molar-refractivity contribution is -0.139. The Hall–Kier alpha value is -4.39. The first kappa shape index (κ1) is 20.9. The molecule has 4 rings (SSSR count). The molecule has 0 bridgehead atoms. The summed E-state index contributed by atoms with van der Waals surface area (Å²) in [6, 6.07) is 23.4. The van der Waals surface area contributed by atoms with Gasteiger partial charge in [-0.3, -0.25) is 4.79 Å². The molecular weight excluding hydrogens is 408 g/mol. The maximum atomic E-state index is 13.3. The van der Waals surface area contributed by atoms with Crippen molar-refractivity contribution in [2.24, 2.45) is 5.10 Å². The summed E-state index contributed by atoms with van der Waals surface area (Å²) >= 11 is 0. The van der Waals surface area contributed by atoms with Crippen molar-refractivity contribution in [2.45, 2.75) is 0 Å². The number of nitrogens with zero attached hydrogens (tertiary/aromatic N) is 2. The van der Waals surface area contributed by atoms with Gasteiger partial charge in [-0.05, 0) is 48.0 Å². The van der Waals surface area contributed by atoms with Crippen LogP contribution in [-0.4, -0.2) is 36.4 Å². The van der Waals surface area contributed by atoms with Crippen molar-refractivity contribution in [3.05, 3.63) is 95.6 Å². The summed E-state index contributed by atoms with van der Waals surface area (Å²) in [5.41, 5.74) is 3.23. The molecule has 0 spiro atoms. The van der Waals surface area contributed by atoms with Crippen molar-refractivity contribution in [2.75, 3.05) is 18.7 Å². The Bertz CT molecular complexity index is 1180. The van der Waals surface area contributed by atoms with Gasteiger partial charge >= 0.3 is 5.97 Å². The number of carbonyl (C=O) groups excluding carboxylic acids is 1. The second kappa shape index (κ2) is 9.18. The number of carboxylic acids is 1. The standard InChI is InChI=1S/C25H20N2O5/c1-31-20-13-9-19(10-14-20)27-25(30)22(24(26-27)18-5-3-2-4-6-18)15-17-7-11-21(12-8-17)32-16-23(28)29/h2-15H,16H2,1H3,(H,28,29)/b22-15-. The number of anilines is 1. The van der Waals surface area contributed by atoms with E-state index < -0.39 is 12.6 Å². The van der Waals surface area contributed by atoms with Crippen LogP contribution in [0.4, 0.5) is 5.69 Å². The lowest BCUT2D eigenvalue weighted by Gasteiger charge is -2.12. The van der Waals surface area contributed by atoms with Gasteiger partial charge < -0.3 is 14.6 Å². The molecule has 1 aliphatic rings. The molecule has 3 aromatic rings.